The lowest BCUT2D eigenvalue weighted by Crippen LogP contribution is -2.45. The van der Waals surface area contributed by atoms with Crippen LogP contribution in [-0.2, 0) is 4.79 Å². The summed E-state index contributed by atoms with van der Waals surface area (Å²) in [6.07, 6.45) is 4.16. The summed E-state index contributed by atoms with van der Waals surface area (Å²) in [6, 6.07) is 7.10. The fourth-order valence-electron chi connectivity index (χ4n) is 2.89. The molecule has 1 aromatic rings. The second-order valence-corrected chi connectivity index (χ2v) is 6.08. The first-order valence-corrected chi connectivity index (χ1v) is 7.94. The monoisotopic (exact) mass is 308 g/mol. The molecule has 0 aliphatic heterocycles. The number of ether oxygens (including phenoxy) is 1. The summed E-state index contributed by atoms with van der Waals surface area (Å²) in [4.78, 5) is 11.0. The average molecular weight is 308 g/mol. The lowest BCUT2D eigenvalue weighted by molar-refractivity contribution is -0.119. The van der Waals surface area contributed by atoms with Gasteiger partial charge in [-0.05, 0) is 56.9 Å². The first-order valence-electron chi connectivity index (χ1n) is 7.94. The number of amides is 1. The molecule has 1 aliphatic carbocycles. The highest BCUT2D eigenvalue weighted by Crippen LogP contribution is 2.19. The van der Waals surface area contributed by atoms with Crippen molar-refractivity contribution in [3.63, 3.8) is 0 Å². The Morgan fingerprint density at radius 1 is 1.23 bits per heavy atom. The summed E-state index contributed by atoms with van der Waals surface area (Å²) < 4.78 is 18.5. The van der Waals surface area contributed by atoms with Gasteiger partial charge in [-0.2, -0.15) is 0 Å². The van der Waals surface area contributed by atoms with Crippen LogP contribution in [0, 0.1) is 5.82 Å². The summed E-state index contributed by atoms with van der Waals surface area (Å²) in [7, 11) is 0. The number of carbonyl (C=O) groups excluding carboxylic acids is 1. The molecule has 1 aliphatic rings. The highest BCUT2D eigenvalue weighted by Gasteiger charge is 2.22. The Morgan fingerprint density at radius 2 is 1.82 bits per heavy atom. The fraction of sp³-hybridized carbons (Fsp3) is 0.588. The maximum atomic E-state index is 12.8. The maximum Gasteiger partial charge on any atom is 0.217 e. The predicted molar refractivity (Wildman–Crippen MR) is 84.4 cm³/mol. The van der Waals surface area contributed by atoms with E-state index in [4.69, 9.17) is 4.74 Å². The van der Waals surface area contributed by atoms with Crippen LogP contribution in [0.25, 0.3) is 0 Å². The summed E-state index contributed by atoms with van der Waals surface area (Å²) >= 11 is 0. The summed E-state index contributed by atoms with van der Waals surface area (Å²) in [5.41, 5.74) is 0. The van der Waals surface area contributed by atoms with Crippen molar-refractivity contribution >= 4 is 5.91 Å². The minimum Gasteiger partial charge on any atom is -0.492 e. The largest absolute Gasteiger partial charge is 0.492 e. The predicted octanol–water partition coefficient (Wildman–Crippen LogP) is 2.63. The van der Waals surface area contributed by atoms with Crippen molar-refractivity contribution in [3.8, 4) is 5.75 Å². The molecule has 0 aromatic heterocycles. The molecule has 1 atom stereocenters. The first kappa shape index (κ1) is 16.7. The molecular weight excluding hydrogens is 283 g/mol. The van der Waals surface area contributed by atoms with Crippen molar-refractivity contribution in [2.24, 2.45) is 0 Å². The Hall–Kier alpha value is -1.62. The molecule has 1 amide bonds. The highest BCUT2D eigenvalue weighted by atomic mass is 19.1. The van der Waals surface area contributed by atoms with Crippen LogP contribution in [0.15, 0.2) is 24.3 Å². The topological polar surface area (TPSA) is 50.4 Å². The number of hydrogen-bond acceptors (Lipinski definition) is 3. The third kappa shape index (κ3) is 5.64. The van der Waals surface area contributed by atoms with E-state index in [-0.39, 0.29) is 17.8 Å². The molecule has 22 heavy (non-hydrogen) atoms. The number of benzene rings is 1. The van der Waals surface area contributed by atoms with E-state index in [1.54, 1.807) is 19.1 Å². The molecule has 0 bridgehead atoms. The minimum atomic E-state index is -0.255. The van der Waals surface area contributed by atoms with Crippen LogP contribution in [0.2, 0.25) is 0 Å². The second-order valence-electron chi connectivity index (χ2n) is 6.08. The van der Waals surface area contributed by atoms with E-state index in [9.17, 15) is 9.18 Å². The van der Waals surface area contributed by atoms with Crippen LogP contribution in [0.3, 0.4) is 0 Å². The molecule has 122 valence electrons. The van der Waals surface area contributed by atoms with Crippen LogP contribution < -0.4 is 15.4 Å². The molecule has 0 saturated heterocycles. The molecule has 5 heteroatoms. The van der Waals surface area contributed by atoms with Gasteiger partial charge in [0.15, 0.2) is 0 Å². The van der Waals surface area contributed by atoms with Gasteiger partial charge < -0.3 is 15.4 Å². The van der Waals surface area contributed by atoms with E-state index < -0.39 is 0 Å². The Bertz CT molecular complexity index is 470. The van der Waals surface area contributed by atoms with Crippen molar-refractivity contribution in [1.82, 2.24) is 10.6 Å². The normalized spacial score (nSPS) is 22.9. The molecule has 2 rings (SSSR count). The summed E-state index contributed by atoms with van der Waals surface area (Å²) in [5, 5.41) is 6.55. The molecule has 1 unspecified atom stereocenters. The first-order chi connectivity index (χ1) is 10.5. The lowest BCUT2D eigenvalue weighted by Gasteiger charge is -2.31. The number of halogens is 1. The van der Waals surface area contributed by atoms with E-state index in [1.165, 1.54) is 12.1 Å². The summed E-state index contributed by atoms with van der Waals surface area (Å²) in [6.45, 7) is 4.21. The molecule has 4 nitrogen and oxygen atoms in total. The van der Waals surface area contributed by atoms with Crippen molar-refractivity contribution in [1.29, 1.82) is 0 Å². The number of nitrogens with one attached hydrogen (secondary N) is 2. The number of hydrogen-bond donors (Lipinski definition) is 2. The third-order valence-corrected chi connectivity index (χ3v) is 3.97. The van der Waals surface area contributed by atoms with Crippen molar-refractivity contribution in [2.45, 2.75) is 57.7 Å². The van der Waals surface area contributed by atoms with Crippen molar-refractivity contribution in [3.05, 3.63) is 30.1 Å². The van der Waals surface area contributed by atoms with Gasteiger partial charge in [-0.25, -0.2) is 4.39 Å². The molecule has 1 aromatic carbocycles. The van der Waals surface area contributed by atoms with E-state index in [2.05, 4.69) is 17.6 Å². The van der Waals surface area contributed by atoms with Gasteiger partial charge in [0, 0.05) is 25.0 Å². The molecule has 1 fully saturated rings. The Labute approximate surface area is 131 Å². The quantitative estimate of drug-likeness (QED) is 0.849. The van der Waals surface area contributed by atoms with Crippen LogP contribution in [0.5, 0.6) is 5.75 Å². The highest BCUT2D eigenvalue weighted by molar-refractivity contribution is 5.73. The Kier molecular flexibility index (Phi) is 6.19. The van der Waals surface area contributed by atoms with Gasteiger partial charge in [-0.1, -0.05) is 0 Å². The number of carbonyl (C=O) groups is 1. The zero-order valence-corrected chi connectivity index (χ0v) is 13.3. The van der Waals surface area contributed by atoms with Gasteiger partial charge in [0.1, 0.15) is 18.2 Å². The van der Waals surface area contributed by atoms with Crippen LogP contribution in [0.1, 0.15) is 39.5 Å². The van der Waals surface area contributed by atoms with Gasteiger partial charge in [-0.3, -0.25) is 4.79 Å². The van der Waals surface area contributed by atoms with Gasteiger partial charge in [0.25, 0.3) is 0 Å². The van der Waals surface area contributed by atoms with Crippen molar-refractivity contribution < 1.29 is 13.9 Å². The molecule has 2 N–H and O–H groups in total. The van der Waals surface area contributed by atoms with Crippen LogP contribution in [0.4, 0.5) is 4.39 Å². The summed E-state index contributed by atoms with van der Waals surface area (Å²) in [5.74, 6) is 0.483. The Balaban J connectivity index is 1.66. The minimum absolute atomic E-state index is 0.0532. The van der Waals surface area contributed by atoms with Gasteiger partial charge in [-0.15, -0.1) is 0 Å². The van der Waals surface area contributed by atoms with E-state index in [0.717, 1.165) is 25.7 Å². The molecule has 0 heterocycles. The fourth-order valence-corrected chi connectivity index (χ4v) is 2.89. The Morgan fingerprint density at radius 3 is 2.41 bits per heavy atom. The van der Waals surface area contributed by atoms with Gasteiger partial charge in [0.2, 0.25) is 5.91 Å². The molecule has 0 radical (unpaired) electrons. The third-order valence-electron chi connectivity index (χ3n) is 3.97. The lowest BCUT2D eigenvalue weighted by atomic mass is 9.91. The van der Waals surface area contributed by atoms with E-state index >= 15 is 0 Å². The van der Waals surface area contributed by atoms with Gasteiger partial charge >= 0.3 is 0 Å². The van der Waals surface area contributed by atoms with E-state index in [0.29, 0.717) is 24.4 Å². The molecule has 1 saturated carbocycles. The SMILES string of the molecule is CC(=O)NC1CCC(NC(C)COc2ccc(F)cc2)CC1. The maximum absolute atomic E-state index is 12.8. The average Bonchev–Trinajstić information content (AvgIpc) is 2.48. The second kappa shape index (κ2) is 8.13. The smallest absolute Gasteiger partial charge is 0.217 e. The van der Waals surface area contributed by atoms with Gasteiger partial charge in [0.05, 0.1) is 0 Å². The zero-order chi connectivity index (χ0) is 15.9. The van der Waals surface area contributed by atoms with Crippen LogP contribution >= 0.6 is 0 Å². The standard InChI is InChI=1S/C17H25FN2O2/c1-12(11-22-17-9-3-14(18)4-10-17)19-15-5-7-16(8-6-15)20-13(2)21/h3-4,9-10,12,15-16,19H,5-8,11H2,1-2H3,(H,20,21). The van der Waals surface area contributed by atoms with E-state index in [1.807, 2.05) is 0 Å². The molecule has 0 spiro atoms. The number of rotatable bonds is 6. The zero-order valence-electron chi connectivity index (χ0n) is 13.3. The van der Waals surface area contributed by atoms with Crippen LogP contribution in [-0.4, -0.2) is 30.6 Å². The molecular formula is C17H25FN2O2. The van der Waals surface area contributed by atoms with Crippen molar-refractivity contribution in [2.75, 3.05) is 6.61 Å².